The van der Waals surface area contributed by atoms with Gasteiger partial charge in [-0.1, -0.05) is 288 Å². The number of carbonyl (C=O) groups excluding carboxylic acids is 2. The lowest BCUT2D eigenvalue weighted by Crippen LogP contribution is -2.46. The molecule has 6 heteroatoms. The molecule has 0 aromatic rings. The molecule has 0 heterocycles. The second-order valence-corrected chi connectivity index (χ2v) is 20.1. The third kappa shape index (κ3) is 48.5. The van der Waals surface area contributed by atoms with Crippen molar-refractivity contribution in [1.82, 2.24) is 5.32 Å². The SMILES string of the molecule is CC/C=C/C=C/C=C/CCCCCCCCCC(=O)OC(CCCCCCCCCCCCCCCCCC)CC(=O)NC(CO)C(O)CCCCCCCCCCCCCCCCCC. The molecule has 0 radical (unpaired) electrons. The first-order valence-corrected chi connectivity index (χ1v) is 29.2. The van der Waals surface area contributed by atoms with Crippen molar-refractivity contribution in [2.45, 2.75) is 328 Å². The van der Waals surface area contributed by atoms with E-state index in [-0.39, 0.29) is 24.9 Å². The van der Waals surface area contributed by atoms with Crippen LogP contribution in [0.15, 0.2) is 36.5 Å². The molecule has 0 saturated carbocycles. The van der Waals surface area contributed by atoms with E-state index in [4.69, 9.17) is 4.74 Å². The van der Waals surface area contributed by atoms with E-state index in [0.717, 1.165) is 57.8 Å². The number of rotatable bonds is 53. The summed E-state index contributed by atoms with van der Waals surface area (Å²) >= 11 is 0. The fraction of sp³-hybridized carbons (Fsp3) is 0.867. The van der Waals surface area contributed by atoms with Crippen LogP contribution in [0.2, 0.25) is 0 Å². The molecule has 0 fully saturated rings. The molecule has 0 aromatic heterocycles. The fourth-order valence-corrected chi connectivity index (χ4v) is 9.14. The molecule has 0 rings (SSSR count). The molecule has 6 nitrogen and oxygen atoms in total. The summed E-state index contributed by atoms with van der Waals surface area (Å²) < 4.78 is 5.96. The van der Waals surface area contributed by atoms with E-state index in [9.17, 15) is 19.8 Å². The molecule has 388 valence electrons. The smallest absolute Gasteiger partial charge is 0.306 e. The summed E-state index contributed by atoms with van der Waals surface area (Å²) in [6.45, 7) is 6.40. The fourth-order valence-electron chi connectivity index (χ4n) is 9.14. The van der Waals surface area contributed by atoms with Gasteiger partial charge in [-0.15, -0.1) is 0 Å². The largest absolute Gasteiger partial charge is 0.462 e. The van der Waals surface area contributed by atoms with Crippen molar-refractivity contribution < 1.29 is 24.5 Å². The maximum Gasteiger partial charge on any atom is 0.306 e. The van der Waals surface area contributed by atoms with Gasteiger partial charge in [0.1, 0.15) is 6.10 Å². The standard InChI is InChI=1S/C60H113NO5/c1-4-7-10-13-16-19-22-25-28-31-33-36-39-42-45-48-51-56(66-60(65)53-50-47-44-41-38-35-30-27-24-21-18-15-12-9-6-3)54-59(64)61-57(55-62)58(63)52-49-46-43-40-37-34-32-29-26-23-20-17-14-11-8-5-2/h9,12,15,18,21,24,56-58,62-63H,4-8,10-11,13-14,16-17,19-20,22-23,25-55H2,1-3H3,(H,61,64)/b12-9+,18-15+,24-21+. The number of ether oxygens (including phenoxy) is 1. The highest BCUT2D eigenvalue weighted by atomic mass is 16.5. The van der Waals surface area contributed by atoms with Crippen LogP contribution < -0.4 is 5.32 Å². The van der Waals surface area contributed by atoms with Crippen molar-refractivity contribution >= 4 is 11.9 Å². The minimum atomic E-state index is -0.788. The molecule has 66 heavy (non-hydrogen) atoms. The number of allylic oxidation sites excluding steroid dienone is 6. The molecule has 1 amide bonds. The number of aliphatic hydroxyl groups is 2. The Balaban J connectivity index is 4.52. The number of hydrogen-bond acceptors (Lipinski definition) is 5. The normalized spacial score (nSPS) is 13.3. The van der Waals surface area contributed by atoms with Crippen molar-refractivity contribution in [1.29, 1.82) is 0 Å². The Morgan fingerprint density at radius 3 is 1.23 bits per heavy atom. The van der Waals surface area contributed by atoms with Crippen LogP contribution in [0.4, 0.5) is 0 Å². The molecule has 0 saturated heterocycles. The van der Waals surface area contributed by atoms with Crippen LogP contribution in [0.25, 0.3) is 0 Å². The minimum absolute atomic E-state index is 0.0775. The molecular weight excluding hydrogens is 815 g/mol. The van der Waals surface area contributed by atoms with Gasteiger partial charge in [0, 0.05) is 6.42 Å². The Morgan fingerprint density at radius 2 is 0.818 bits per heavy atom. The van der Waals surface area contributed by atoms with Crippen LogP contribution >= 0.6 is 0 Å². The van der Waals surface area contributed by atoms with Gasteiger partial charge in [-0.3, -0.25) is 9.59 Å². The predicted molar refractivity (Wildman–Crippen MR) is 287 cm³/mol. The van der Waals surface area contributed by atoms with Crippen LogP contribution in [-0.2, 0) is 14.3 Å². The van der Waals surface area contributed by atoms with Gasteiger partial charge in [-0.05, 0) is 44.9 Å². The Kier molecular flexibility index (Phi) is 52.5. The van der Waals surface area contributed by atoms with Crippen molar-refractivity contribution in [2.24, 2.45) is 0 Å². The van der Waals surface area contributed by atoms with E-state index < -0.39 is 18.2 Å². The molecule has 3 unspecified atom stereocenters. The zero-order chi connectivity index (χ0) is 48.1. The number of carbonyl (C=O) groups is 2. The van der Waals surface area contributed by atoms with Gasteiger partial charge in [-0.2, -0.15) is 0 Å². The molecule has 0 aliphatic rings. The zero-order valence-electron chi connectivity index (χ0n) is 44.3. The summed E-state index contributed by atoms with van der Waals surface area (Å²) in [6.07, 6.45) is 64.9. The number of unbranched alkanes of at least 4 members (excludes halogenated alkanes) is 37. The number of esters is 1. The Hall–Kier alpha value is -1.92. The molecule has 0 spiro atoms. The first-order valence-electron chi connectivity index (χ1n) is 29.2. The molecule has 0 bridgehead atoms. The van der Waals surface area contributed by atoms with E-state index >= 15 is 0 Å². The Bertz CT molecular complexity index is 1090. The van der Waals surface area contributed by atoms with E-state index in [1.54, 1.807) is 0 Å². The summed E-state index contributed by atoms with van der Waals surface area (Å²) in [6, 6.07) is -0.702. The number of aliphatic hydroxyl groups excluding tert-OH is 2. The van der Waals surface area contributed by atoms with Crippen LogP contribution in [0.1, 0.15) is 310 Å². The molecule has 3 N–H and O–H groups in total. The lowest BCUT2D eigenvalue weighted by Gasteiger charge is -2.24. The van der Waals surface area contributed by atoms with Crippen molar-refractivity contribution in [3.63, 3.8) is 0 Å². The third-order valence-corrected chi connectivity index (χ3v) is 13.5. The summed E-state index contributed by atoms with van der Waals surface area (Å²) in [7, 11) is 0. The van der Waals surface area contributed by atoms with Crippen LogP contribution in [-0.4, -0.2) is 46.9 Å². The lowest BCUT2D eigenvalue weighted by atomic mass is 10.0. The quantitative estimate of drug-likeness (QED) is 0.0321. The summed E-state index contributed by atoms with van der Waals surface area (Å²) in [5.41, 5.74) is 0. The average Bonchev–Trinajstić information content (AvgIpc) is 3.31. The zero-order valence-corrected chi connectivity index (χ0v) is 44.3. The van der Waals surface area contributed by atoms with Crippen LogP contribution in [0.5, 0.6) is 0 Å². The summed E-state index contributed by atoms with van der Waals surface area (Å²) in [5.74, 6) is -0.469. The van der Waals surface area contributed by atoms with Gasteiger partial charge in [0.2, 0.25) is 5.91 Å². The second-order valence-electron chi connectivity index (χ2n) is 20.1. The molecule has 0 aliphatic carbocycles. The monoisotopic (exact) mass is 928 g/mol. The molecular formula is C60H113NO5. The maximum absolute atomic E-state index is 13.3. The minimum Gasteiger partial charge on any atom is -0.462 e. The van der Waals surface area contributed by atoms with Crippen molar-refractivity contribution in [3.8, 4) is 0 Å². The van der Waals surface area contributed by atoms with Crippen LogP contribution in [0.3, 0.4) is 0 Å². The molecule has 0 aromatic carbocycles. The Labute approximate surface area is 411 Å². The lowest BCUT2D eigenvalue weighted by molar-refractivity contribution is -0.151. The van der Waals surface area contributed by atoms with Gasteiger partial charge >= 0.3 is 5.97 Å². The van der Waals surface area contributed by atoms with Gasteiger partial charge in [0.15, 0.2) is 0 Å². The van der Waals surface area contributed by atoms with Gasteiger partial charge in [0.05, 0.1) is 25.2 Å². The summed E-state index contributed by atoms with van der Waals surface area (Å²) in [4.78, 5) is 26.3. The maximum atomic E-state index is 13.3. The number of hydrogen-bond donors (Lipinski definition) is 3. The first-order chi connectivity index (χ1) is 32.5. The number of amides is 1. The van der Waals surface area contributed by atoms with Crippen molar-refractivity contribution in [2.75, 3.05) is 6.61 Å². The highest BCUT2D eigenvalue weighted by molar-refractivity contribution is 5.77. The third-order valence-electron chi connectivity index (χ3n) is 13.5. The van der Waals surface area contributed by atoms with Gasteiger partial charge < -0.3 is 20.3 Å². The van der Waals surface area contributed by atoms with E-state index in [1.165, 1.54) is 205 Å². The summed E-state index contributed by atoms with van der Waals surface area (Å²) in [5, 5.41) is 23.9. The second kappa shape index (κ2) is 54.0. The predicted octanol–water partition coefficient (Wildman–Crippen LogP) is 18.0. The van der Waals surface area contributed by atoms with E-state index in [2.05, 4.69) is 62.5 Å². The molecule has 0 aliphatic heterocycles. The highest BCUT2D eigenvalue weighted by Gasteiger charge is 2.24. The van der Waals surface area contributed by atoms with E-state index in [1.807, 2.05) is 0 Å². The average molecular weight is 929 g/mol. The van der Waals surface area contributed by atoms with Gasteiger partial charge in [-0.25, -0.2) is 0 Å². The highest BCUT2D eigenvalue weighted by Crippen LogP contribution is 2.19. The topological polar surface area (TPSA) is 95.9 Å². The van der Waals surface area contributed by atoms with Crippen molar-refractivity contribution in [3.05, 3.63) is 36.5 Å². The van der Waals surface area contributed by atoms with Gasteiger partial charge in [0.25, 0.3) is 0 Å². The Morgan fingerprint density at radius 1 is 0.455 bits per heavy atom. The van der Waals surface area contributed by atoms with Crippen LogP contribution in [0, 0.1) is 0 Å². The van der Waals surface area contributed by atoms with E-state index in [0.29, 0.717) is 19.3 Å². The molecule has 3 atom stereocenters. The number of nitrogens with one attached hydrogen (secondary N) is 1. The first kappa shape index (κ1) is 64.1.